The average Bonchev–Trinajstić information content (AvgIpc) is 2.85. The fraction of sp³-hybridized carbons (Fsp3) is 0.667. The van der Waals surface area contributed by atoms with E-state index in [0.717, 1.165) is 32.8 Å². The number of nitrogens with two attached hydrogens (primary N) is 1. The number of thiophene rings is 1. The molecule has 1 aliphatic heterocycles. The summed E-state index contributed by atoms with van der Waals surface area (Å²) in [6.45, 7) is 6.70. The summed E-state index contributed by atoms with van der Waals surface area (Å²) < 4.78 is 5.38. The maximum absolute atomic E-state index is 5.93. The zero-order valence-electron chi connectivity index (χ0n) is 9.76. The zero-order valence-corrected chi connectivity index (χ0v) is 10.6. The maximum Gasteiger partial charge on any atom is 0.0594 e. The van der Waals surface area contributed by atoms with E-state index < -0.39 is 0 Å². The lowest BCUT2D eigenvalue weighted by Gasteiger charge is -2.36. The van der Waals surface area contributed by atoms with E-state index in [1.165, 1.54) is 4.88 Å². The Labute approximate surface area is 101 Å². The Morgan fingerprint density at radius 3 is 2.81 bits per heavy atom. The summed E-state index contributed by atoms with van der Waals surface area (Å²) in [7, 11) is 0. The van der Waals surface area contributed by atoms with Crippen LogP contribution in [0.5, 0.6) is 0 Å². The van der Waals surface area contributed by atoms with Crippen LogP contribution in [0.1, 0.15) is 17.7 Å². The van der Waals surface area contributed by atoms with Crippen molar-refractivity contribution < 1.29 is 4.74 Å². The van der Waals surface area contributed by atoms with Crippen molar-refractivity contribution in [2.45, 2.75) is 18.9 Å². The Balaban J connectivity index is 2.03. The molecule has 1 aromatic heterocycles. The van der Waals surface area contributed by atoms with E-state index >= 15 is 0 Å². The van der Waals surface area contributed by atoms with E-state index in [4.69, 9.17) is 10.5 Å². The predicted molar refractivity (Wildman–Crippen MR) is 68.0 cm³/mol. The summed E-state index contributed by atoms with van der Waals surface area (Å²) in [6.07, 6.45) is 0. The van der Waals surface area contributed by atoms with Gasteiger partial charge >= 0.3 is 0 Å². The second-order valence-electron chi connectivity index (χ2n) is 4.26. The minimum atomic E-state index is 0.447. The molecule has 90 valence electrons. The molecule has 2 rings (SSSR count). The van der Waals surface area contributed by atoms with Gasteiger partial charge in [-0.3, -0.25) is 4.90 Å². The summed E-state index contributed by atoms with van der Waals surface area (Å²) in [5, 5.41) is 2.14. The number of hydrogen-bond acceptors (Lipinski definition) is 4. The third kappa shape index (κ3) is 2.63. The molecule has 1 aliphatic rings. The largest absolute Gasteiger partial charge is 0.379 e. The second kappa shape index (κ2) is 5.77. The lowest BCUT2D eigenvalue weighted by atomic mass is 9.98. The maximum atomic E-state index is 5.93. The normalized spacial score (nSPS) is 21.9. The highest BCUT2D eigenvalue weighted by Gasteiger charge is 2.26. The van der Waals surface area contributed by atoms with Gasteiger partial charge < -0.3 is 10.5 Å². The molecular weight excluding hydrogens is 220 g/mol. The highest BCUT2D eigenvalue weighted by Crippen LogP contribution is 2.26. The Bertz CT molecular complexity index is 296. The first-order valence-corrected chi connectivity index (χ1v) is 6.76. The van der Waals surface area contributed by atoms with Crippen LogP contribution in [0.3, 0.4) is 0 Å². The molecule has 2 unspecified atom stereocenters. The molecule has 4 heteroatoms. The number of ether oxygens (including phenoxy) is 1. The van der Waals surface area contributed by atoms with E-state index in [0.29, 0.717) is 12.0 Å². The Hall–Kier alpha value is -0.420. The van der Waals surface area contributed by atoms with Crippen LogP contribution in [0.4, 0.5) is 0 Å². The molecule has 2 atom stereocenters. The van der Waals surface area contributed by atoms with Crippen LogP contribution >= 0.6 is 11.3 Å². The van der Waals surface area contributed by atoms with Crippen LogP contribution in [-0.4, -0.2) is 43.8 Å². The Kier molecular flexibility index (Phi) is 4.35. The van der Waals surface area contributed by atoms with E-state index in [2.05, 4.69) is 29.3 Å². The number of morpholine rings is 1. The molecule has 0 radical (unpaired) electrons. The Morgan fingerprint density at radius 1 is 1.50 bits per heavy atom. The first-order valence-electron chi connectivity index (χ1n) is 5.88. The van der Waals surface area contributed by atoms with E-state index in [9.17, 15) is 0 Å². The van der Waals surface area contributed by atoms with Gasteiger partial charge in [-0.05, 0) is 11.4 Å². The van der Waals surface area contributed by atoms with E-state index in [1.54, 1.807) is 0 Å². The molecule has 0 aliphatic carbocycles. The van der Waals surface area contributed by atoms with Gasteiger partial charge in [-0.15, -0.1) is 11.3 Å². The third-order valence-corrected chi connectivity index (χ3v) is 4.40. The zero-order chi connectivity index (χ0) is 11.4. The summed E-state index contributed by atoms with van der Waals surface area (Å²) >= 11 is 1.83. The fourth-order valence-electron chi connectivity index (χ4n) is 2.32. The number of nitrogens with zero attached hydrogens (tertiary/aromatic N) is 1. The van der Waals surface area contributed by atoms with Gasteiger partial charge in [0.2, 0.25) is 0 Å². The van der Waals surface area contributed by atoms with Crippen molar-refractivity contribution in [1.29, 1.82) is 0 Å². The molecule has 2 heterocycles. The molecule has 3 nitrogen and oxygen atoms in total. The predicted octanol–water partition coefficient (Wildman–Crippen LogP) is 1.51. The van der Waals surface area contributed by atoms with Crippen molar-refractivity contribution in [2.75, 3.05) is 32.8 Å². The first-order chi connectivity index (χ1) is 7.83. The average molecular weight is 240 g/mol. The quantitative estimate of drug-likeness (QED) is 0.867. The molecule has 16 heavy (non-hydrogen) atoms. The summed E-state index contributed by atoms with van der Waals surface area (Å²) in [5.74, 6) is 0.517. The minimum absolute atomic E-state index is 0.447. The molecule has 0 amide bonds. The second-order valence-corrected chi connectivity index (χ2v) is 5.23. The summed E-state index contributed by atoms with van der Waals surface area (Å²) in [4.78, 5) is 3.90. The van der Waals surface area contributed by atoms with Crippen molar-refractivity contribution in [3.8, 4) is 0 Å². The molecule has 0 spiro atoms. The van der Waals surface area contributed by atoms with Gasteiger partial charge in [-0.2, -0.15) is 0 Å². The van der Waals surface area contributed by atoms with Crippen molar-refractivity contribution in [3.63, 3.8) is 0 Å². The molecule has 0 aromatic carbocycles. The molecule has 0 bridgehead atoms. The SMILES string of the molecule is CC(c1cccs1)C(CN)N1CCOCC1. The van der Waals surface area contributed by atoms with Crippen LogP contribution in [0, 0.1) is 0 Å². The Morgan fingerprint density at radius 2 is 2.25 bits per heavy atom. The lowest BCUT2D eigenvalue weighted by Crippen LogP contribution is -2.49. The van der Waals surface area contributed by atoms with Crippen LogP contribution in [0.25, 0.3) is 0 Å². The molecule has 1 fully saturated rings. The van der Waals surface area contributed by atoms with Crippen molar-refractivity contribution in [2.24, 2.45) is 5.73 Å². The van der Waals surface area contributed by atoms with Gasteiger partial charge in [0.25, 0.3) is 0 Å². The van der Waals surface area contributed by atoms with E-state index in [-0.39, 0.29) is 0 Å². The van der Waals surface area contributed by atoms with Gasteiger partial charge in [0.1, 0.15) is 0 Å². The fourth-order valence-corrected chi connectivity index (χ4v) is 3.16. The number of rotatable bonds is 4. The topological polar surface area (TPSA) is 38.5 Å². The van der Waals surface area contributed by atoms with Crippen LogP contribution in [-0.2, 0) is 4.74 Å². The van der Waals surface area contributed by atoms with Gasteiger partial charge in [0.15, 0.2) is 0 Å². The highest BCUT2D eigenvalue weighted by atomic mass is 32.1. The van der Waals surface area contributed by atoms with Gasteiger partial charge in [-0.25, -0.2) is 0 Å². The van der Waals surface area contributed by atoms with Crippen molar-refractivity contribution in [3.05, 3.63) is 22.4 Å². The molecule has 0 saturated carbocycles. The smallest absolute Gasteiger partial charge is 0.0594 e. The van der Waals surface area contributed by atoms with Crippen LogP contribution < -0.4 is 5.73 Å². The van der Waals surface area contributed by atoms with Gasteiger partial charge in [0, 0.05) is 36.5 Å². The molecule has 2 N–H and O–H groups in total. The molecule has 1 aromatic rings. The highest BCUT2D eigenvalue weighted by molar-refractivity contribution is 7.10. The minimum Gasteiger partial charge on any atom is -0.379 e. The van der Waals surface area contributed by atoms with Gasteiger partial charge in [-0.1, -0.05) is 13.0 Å². The summed E-state index contributed by atoms with van der Waals surface area (Å²) in [6, 6.07) is 4.77. The van der Waals surface area contributed by atoms with Crippen molar-refractivity contribution >= 4 is 11.3 Å². The standard InChI is InChI=1S/C12H20N2OS/c1-10(12-3-2-8-16-12)11(9-13)14-4-6-15-7-5-14/h2-3,8,10-11H,4-7,9,13H2,1H3. The molecule has 1 saturated heterocycles. The number of hydrogen-bond donors (Lipinski definition) is 1. The summed E-state index contributed by atoms with van der Waals surface area (Å²) in [5.41, 5.74) is 5.93. The first kappa shape index (κ1) is 12.0. The third-order valence-electron chi connectivity index (χ3n) is 3.33. The van der Waals surface area contributed by atoms with Crippen LogP contribution in [0.2, 0.25) is 0 Å². The lowest BCUT2D eigenvalue weighted by molar-refractivity contribution is 0.0139. The molecular formula is C12H20N2OS. The monoisotopic (exact) mass is 240 g/mol. The van der Waals surface area contributed by atoms with E-state index in [1.807, 2.05) is 11.3 Å². The van der Waals surface area contributed by atoms with Crippen molar-refractivity contribution in [1.82, 2.24) is 4.90 Å². The van der Waals surface area contributed by atoms with Gasteiger partial charge in [0.05, 0.1) is 13.2 Å². The van der Waals surface area contributed by atoms with Crippen LogP contribution in [0.15, 0.2) is 17.5 Å².